The molecule has 1 N–H and O–H groups in total. The van der Waals surface area contributed by atoms with Crippen LogP contribution in [0, 0.1) is 0 Å². The molecule has 0 fully saturated rings. The fourth-order valence-corrected chi connectivity index (χ4v) is 2.44. The number of aromatic nitrogens is 1. The number of rotatable bonds is 2. The molecule has 5 heteroatoms. The van der Waals surface area contributed by atoms with Gasteiger partial charge in [0.05, 0.1) is 30.6 Å². The van der Waals surface area contributed by atoms with Crippen LogP contribution >= 0.6 is 0 Å². The van der Waals surface area contributed by atoms with Gasteiger partial charge in [-0.3, -0.25) is 4.99 Å². The maximum absolute atomic E-state index is 11.4. The van der Waals surface area contributed by atoms with Gasteiger partial charge in [0.1, 0.15) is 5.49 Å². The van der Waals surface area contributed by atoms with E-state index in [0.29, 0.717) is 29.5 Å². The lowest BCUT2D eigenvalue weighted by atomic mass is 10.1. The van der Waals surface area contributed by atoms with Crippen LogP contribution in [0.15, 0.2) is 35.3 Å². The van der Waals surface area contributed by atoms with E-state index in [9.17, 15) is 9.90 Å². The Morgan fingerprint density at radius 1 is 1.40 bits per heavy atom. The molecule has 3 rings (SSSR count). The molecule has 0 bridgehead atoms. The summed E-state index contributed by atoms with van der Waals surface area (Å²) in [4.78, 5) is 15.9. The smallest absolute Gasteiger partial charge is 0.332 e. The number of aromatic hydroxyl groups is 1. The highest BCUT2D eigenvalue weighted by Gasteiger charge is 2.19. The first-order chi connectivity index (χ1) is 9.72. The van der Waals surface area contributed by atoms with Gasteiger partial charge in [0, 0.05) is 6.54 Å². The Morgan fingerprint density at radius 2 is 2.15 bits per heavy atom. The van der Waals surface area contributed by atoms with Crippen molar-refractivity contribution >= 4 is 12.0 Å². The van der Waals surface area contributed by atoms with Crippen molar-refractivity contribution in [3.63, 3.8) is 0 Å². The number of esters is 1. The summed E-state index contributed by atoms with van der Waals surface area (Å²) >= 11 is 0. The Morgan fingerprint density at radius 3 is 2.85 bits per heavy atom. The van der Waals surface area contributed by atoms with Gasteiger partial charge in [-0.05, 0) is 5.56 Å². The van der Waals surface area contributed by atoms with Gasteiger partial charge in [0.15, 0.2) is 5.75 Å². The molecule has 0 unspecified atom stereocenters. The zero-order valence-corrected chi connectivity index (χ0v) is 11.0. The first-order valence-corrected chi connectivity index (χ1v) is 6.33. The monoisotopic (exact) mass is 270 g/mol. The third kappa shape index (κ3) is 1.87. The lowest BCUT2D eigenvalue weighted by Crippen LogP contribution is -2.24. The van der Waals surface area contributed by atoms with Gasteiger partial charge < -0.3 is 14.4 Å². The van der Waals surface area contributed by atoms with E-state index >= 15 is 0 Å². The number of hydrogen-bond donors (Lipinski definition) is 1. The molecule has 0 radical (unpaired) electrons. The van der Waals surface area contributed by atoms with E-state index in [1.165, 1.54) is 13.2 Å². The van der Waals surface area contributed by atoms with Gasteiger partial charge in [0.25, 0.3) is 0 Å². The van der Waals surface area contributed by atoms with Crippen LogP contribution in [0.2, 0.25) is 0 Å². The second-order valence-electron chi connectivity index (χ2n) is 4.50. The lowest BCUT2D eigenvalue weighted by Gasteiger charge is -1.98. The average molecular weight is 270 g/mol. The maximum atomic E-state index is 11.4. The molecule has 0 spiro atoms. The number of fused-ring (bicyclic) bond motifs is 1. The Balaban J connectivity index is 2.31. The summed E-state index contributed by atoms with van der Waals surface area (Å²) in [5.74, 6) is -0.424. The largest absolute Gasteiger partial charge is 0.505 e. The van der Waals surface area contributed by atoms with Crippen molar-refractivity contribution in [3.05, 3.63) is 41.2 Å². The Bertz CT molecular complexity index is 776. The summed E-state index contributed by atoms with van der Waals surface area (Å²) in [7, 11) is 1.31. The number of carbonyl (C=O) groups is 1. The van der Waals surface area contributed by atoms with E-state index in [0.717, 1.165) is 5.56 Å². The summed E-state index contributed by atoms with van der Waals surface area (Å²) in [5, 5.41) is 10.9. The second-order valence-corrected chi connectivity index (χ2v) is 4.50. The van der Waals surface area contributed by atoms with E-state index in [-0.39, 0.29) is 5.75 Å². The molecule has 1 aliphatic heterocycles. The van der Waals surface area contributed by atoms with Gasteiger partial charge in [-0.25, -0.2) is 4.79 Å². The molecule has 0 saturated heterocycles. The standard InChI is InChI=1S/C15H14N2O3/c1-20-12(18)9-11-14(19)13(10-5-3-2-4-6-10)15-16-7-8-17(11)15/h2-6,9,19H,7-8H2,1H3/b11-9-. The van der Waals surface area contributed by atoms with Crippen LogP contribution in [0.5, 0.6) is 5.75 Å². The summed E-state index contributed by atoms with van der Waals surface area (Å²) in [6.07, 6.45) is 1.30. The molecule has 5 nitrogen and oxygen atoms in total. The molecule has 1 aliphatic rings. The van der Waals surface area contributed by atoms with Crippen LogP contribution in [0.25, 0.3) is 17.2 Å². The molecule has 0 atom stereocenters. The van der Waals surface area contributed by atoms with Crippen LogP contribution in [0.4, 0.5) is 0 Å². The maximum Gasteiger partial charge on any atom is 0.332 e. The molecular weight excluding hydrogens is 256 g/mol. The van der Waals surface area contributed by atoms with Crippen molar-refractivity contribution < 1.29 is 14.6 Å². The highest BCUT2D eigenvalue weighted by molar-refractivity contribution is 6.00. The molecule has 1 aromatic heterocycles. The van der Waals surface area contributed by atoms with Gasteiger partial charge in [-0.1, -0.05) is 30.3 Å². The molecule has 0 saturated carbocycles. The quantitative estimate of drug-likeness (QED) is 0.806. The Labute approximate surface area is 115 Å². The van der Waals surface area contributed by atoms with Crippen LogP contribution in [0.1, 0.15) is 0 Å². The minimum Gasteiger partial charge on any atom is -0.505 e. The number of benzene rings is 1. The van der Waals surface area contributed by atoms with Crippen LogP contribution < -0.4 is 10.8 Å². The molecular formula is C15H14N2O3. The first kappa shape index (κ1) is 12.5. The Hall–Kier alpha value is -2.56. The predicted octanol–water partition coefficient (Wildman–Crippen LogP) is 0.447. The molecule has 0 amide bonds. The third-order valence-corrected chi connectivity index (χ3v) is 3.35. The molecule has 2 heterocycles. The highest BCUT2D eigenvalue weighted by atomic mass is 16.5. The minimum atomic E-state index is -0.493. The third-order valence-electron chi connectivity index (χ3n) is 3.35. The SMILES string of the molecule is COC(=O)/C=c1/c(O)c(-c2ccccc2)c2n1CCN=2. The number of nitrogens with zero attached hydrogens (tertiary/aromatic N) is 2. The summed E-state index contributed by atoms with van der Waals surface area (Å²) in [5.41, 5.74) is 2.26. The molecule has 0 aliphatic carbocycles. The number of methoxy groups -OCH3 is 1. The van der Waals surface area contributed by atoms with Crippen molar-refractivity contribution in [1.82, 2.24) is 4.57 Å². The van der Waals surface area contributed by atoms with E-state index in [1.807, 2.05) is 34.9 Å². The van der Waals surface area contributed by atoms with Crippen LogP contribution in [-0.2, 0) is 16.1 Å². The normalized spacial score (nSPS) is 13.9. The number of carbonyl (C=O) groups excluding carboxylic acids is 1. The number of ether oxygens (including phenoxy) is 1. The zero-order valence-electron chi connectivity index (χ0n) is 11.0. The van der Waals surface area contributed by atoms with E-state index in [4.69, 9.17) is 0 Å². The van der Waals surface area contributed by atoms with Crippen LogP contribution in [-0.4, -0.2) is 29.3 Å². The van der Waals surface area contributed by atoms with E-state index in [1.54, 1.807) is 0 Å². The molecule has 20 heavy (non-hydrogen) atoms. The Kier molecular flexibility index (Phi) is 3.02. The highest BCUT2D eigenvalue weighted by Crippen LogP contribution is 2.23. The van der Waals surface area contributed by atoms with E-state index in [2.05, 4.69) is 9.73 Å². The second kappa shape index (κ2) is 4.85. The number of hydrogen-bond acceptors (Lipinski definition) is 4. The molecule has 102 valence electrons. The fraction of sp³-hybridized carbons (Fsp3) is 0.200. The zero-order chi connectivity index (χ0) is 14.1. The van der Waals surface area contributed by atoms with Gasteiger partial charge in [0.2, 0.25) is 0 Å². The van der Waals surface area contributed by atoms with Gasteiger partial charge in [-0.2, -0.15) is 0 Å². The van der Waals surface area contributed by atoms with Gasteiger partial charge in [-0.15, -0.1) is 0 Å². The summed E-state index contributed by atoms with van der Waals surface area (Å²) in [6, 6.07) is 9.53. The topological polar surface area (TPSA) is 63.8 Å². The average Bonchev–Trinajstić information content (AvgIpc) is 3.02. The summed E-state index contributed by atoms with van der Waals surface area (Å²) < 4.78 is 6.48. The lowest BCUT2D eigenvalue weighted by molar-refractivity contribution is -0.133. The van der Waals surface area contributed by atoms with E-state index < -0.39 is 5.97 Å². The fourth-order valence-electron chi connectivity index (χ4n) is 2.44. The van der Waals surface area contributed by atoms with Gasteiger partial charge >= 0.3 is 5.97 Å². The molecule has 1 aromatic carbocycles. The van der Waals surface area contributed by atoms with Crippen LogP contribution in [0.3, 0.4) is 0 Å². The molecule has 2 aromatic rings. The van der Waals surface area contributed by atoms with Crippen molar-refractivity contribution in [2.45, 2.75) is 6.54 Å². The summed E-state index contributed by atoms with van der Waals surface area (Å²) in [6.45, 7) is 1.30. The van der Waals surface area contributed by atoms with Crippen molar-refractivity contribution in [2.75, 3.05) is 13.7 Å². The van der Waals surface area contributed by atoms with Crippen molar-refractivity contribution in [3.8, 4) is 16.9 Å². The minimum absolute atomic E-state index is 0.0695. The predicted molar refractivity (Wildman–Crippen MR) is 73.7 cm³/mol. The first-order valence-electron chi connectivity index (χ1n) is 6.33. The van der Waals surface area contributed by atoms with Crippen molar-refractivity contribution in [2.24, 2.45) is 4.99 Å². The van der Waals surface area contributed by atoms with Crippen molar-refractivity contribution in [1.29, 1.82) is 0 Å².